The molecule has 0 aliphatic carbocycles. The largest absolute Gasteiger partial charge is 0.330 e. The highest BCUT2D eigenvalue weighted by atomic mass is 32.2. The zero-order valence-electron chi connectivity index (χ0n) is 12.4. The Balaban J connectivity index is 1.85. The second kappa shape index (κ2) is 7.17. The predicted octanol–water partition coefficient (Wildman–Crippen LogP) is -0.0242. The first-order valence-electron chi connectivity index (χ1n) is 7.71. The summed E-state index contributed by atoms with van der Waals surface area (Å²) in [6.45, 7) is 6.66. The van der Waals surface area contributed by atoms with Crippen molar-refractivity contribution in [1.29, 1.82) is 0 Å². The van der Waals surface area contributed by atoms with Crippen molar-refractivity contribution in [2.24, 2.45) is 11.7 Å². The summed E-state index contributed by atoms with van der Waals surface area (Å²) in [5.74, 6) is 0.300. The molecule has 0 radical (unpaired) electrons. The van der Waals surface area contributed by atoms with E-state index in [2.05, 4.69) is 9.62 Å². The zero-order chi connectivity index (χ0) is 14.6. The van der Waals surface area contributed by atoms with E-state index in [1.165, 1.54) is 12.8 Å². The number of nitrogens with one attached hydrogen (secondary N) is 1. The molecule has 0 aromatic rings. The number of nitrogens with two attached hydrogens (primary N) is 1. The molecule has 0 amide bonds. The van der Waals surface area contributed by atoms with Crippen LogP contribution in [0.25, 0.3) is 0 Å². The smallest absolute Gasteiger partial charge is 0.279 e. The van der Waals surface area contributed by atoms with E-state index in [1.54, 1.807) is 4.31 Å². The van der Waals surface area contributed by atoms with Crippen LogP contribution in [0.1, 0.15) is 32.6 Å². The first kappa shape index (κ1) is 16.2. The Kier molecular flexibility index (Phi) is 5.80. The molecule has 7 heteroatoms. The fourth-order valence-corrected chi connectivity index (χ4v) is 4.66. The number of rotatable bonds is 6. The molecular weight excluding hydrogens is 276 g/mol. The summed E-state index contributed by atoms with van der Waals surface area (Å²) < 4.78 is 29.2. The molecule has 3 N–H and O–H groups in total. The molecule has 2 aliphatic heterocycles. The molecule has 2 unspecified atom stereocenters. The van der Waals surface area contributed by atoms with Gasteiger partial charge in [-0.25, -0.2) is 0 Å². The summed E-state index contributed by atoms with van der Waals surface area (Å²) >= 11 is 0. The molecule has 2 atom stereocenters. The molecule has 0 bridgehead atoms. The summed E-state index contributed by atoms with van der Waals surface area (Å²) in [5.41, 5.74) is 5.67. The lowest BCUT2D eigenvalue weighted by atomic mass is 10.0. The molecular formula is C13H28N4O2S. The SMILES string of the molecule is CC(CN1CCCC1)NS(=O)(=O)N1CCCC(CN)C1. The van der Waals surface area contributed by atoms with E-state index in [9.17, 15) is 8.42 Å². The first-order valence-corrected chi connectivity index (χ1v) is 9.15. The molecule has 0 aromatic carbocycles. The van der Waals surface area contributed by atoms with Crippen LogP contribution in [0.2, 0.25) is 0 Å². The third-order valence-electron chi connectivity index (χ3n) is 4.24. The maximum atomic E-state index is 12.4. The average Bonchev–Trinajstić information content (AvgIpc) is 2.91. The summed E-state index contributed by atoms with van der Waals surface area (Å²) in [5, 5.41) is 0. The average molecular weight is 304 g/mol. The summed E-state index contributed by atoms with van der Waals surface area (Å²) in [4.78, 5) is 2.33. The van der Waals surface area contributed by atoms with Gasteiger partial charge in [0, 0.05) is 25.7 Å². The molecule has 0 saturated carbocycles. The molecule has 0 aromatic heterocycles. The van der Waals surface area contributed by atoms with Gasteiger partial charge in [0.1, 0.15) is 0 Å². The number of hydrogen-bond donors (Lipinski definition) is 2. The predicted molar refractivity (Wildman–Crippen MR) is 80.5 cm³/mol. The second-order valence-corrected chi connectivity index (χ2v) is 7.84. The molecule has 2 rings (SSSR count). The second-order valence-electron chi connectivity index (χ2n) is 6.13. The van der Waals surface area contributed by atoms with Gasteiger partial charge in [-0.05, 0) is 58.2 Å². The van der Waals surface area contributed by atoms with Crippen LogP contribution < -0.4 is 10.5 Å². The number of nitrogens with zero attached hydrogens (tertiary/aromatic N) is 2. The monoisotopic (exact) mass is 304 g/mol. The standard InChI is InChI=1S/C13H28N4O2S/c1-12(10-16-6-2-3-7-16)15-20(18,19)17-8-4-5-13(9-14)11-17/h12-13,15H,2-11,14H2,1H3. The lowest BCUT2D eigenvalue weighted by molar-refractivity contribution is 0.263. The maximum Gasteiger partial charge on any atom is 0.279 e. The molecule has 2 aliphatic rings. The topological polar surface area (TPSA) is 78.7 Å². The molecule has 0 spiro atoms. The lowest BCUT2D eigenvalue weighted by Gasteiger charge is -2.32. The summed E-state index contributed by atoms with van der Waals surface area (Å²) in [7, 11) is -3.37. The molecule has 118 valence electrons. The zero-order valence-corrected chi connectivity index (χ0v) is 13.2. The van der Waals surface area contributed by atoms with Crippen LogP contribution in [0.5, 0.6) is 0 Å². The quantitative estimate of drug-likeness (QED) is 0.723. The fraction of sp³-hybridized carbons (Fsp3) is 1.00. The Bertz CT molecular complexity index is 395. The van der Waals surface area contributed by atoms with Crippen molar-refractivity contribution >= 4 is 10.2 Å². The van der Waals surface area contributed by atoms with E-state index in [0.717, 1.165) is 32.5 Å². The van der Waals surface area contributed by atoms with Crippen LogP contribution in [-0.4, -0.2) is 62.9 Å². The van der Waals surface area contributed by atoms with Crippen molar-refractivity contribution in [2.75, 3.05) is 39.3 Å². The van der Waals surface area contributed by atoms with Crippen LogP contribution in [0.3, 0.4) is 0 Å². The van der Waals surface area contributed by atoms with Crippen LogP contribution in [0, 0.1) is 5.92 Å². The van der Waals surface area contributed by atoms with Crippen LogP contribution in [0.4, 0.5) is 0 Å². The van der Waals surface area contributed by atoms with Gasteiger partial charge in [-0.1, -0.05) is 0 Å². The fourth-order valence-electron chi connectivity index (χ4n) is 3.16. The Morgan fingerprint density at radius 3 is 2.60 bits per heavy atom. The van der Waals surface area contributed by atoms with Gasteiger partial charge < -0.3 is 10.6 Å². The highest BCUT2D eigenvalue weighted by molar-refractivity contribution is 7.87. The van der Waals surface area contributed by atoms with Crippen molar-refractivity contribution in [2.45, 2.75) is 38.6 Å². The van der Waals surface area contributed by atoms with Gasteiger partial charge in [-0.2, -0.15) is 17.4 Å². The van der Waals surface area contributed by atoms with Crippen LogP contribution in [-0.2, 0) is 10.2 Å². The van der Waals surface area contributed by atoms with Crippen molar-refractivity contribution in [3.63, 3.8) is 0 Å². The minimum atomic E-state index is -3.37. The van der Waals surface area contributed by atoms with Gasteiger partial charge >= 0.3 is 0 Å². The van der Waals surface area contributed by atoms with Crippen molar-refractivity contribution in [3.05, 3.63) is 0 Å². The highest BCUT2D eigenvalue weighted by Crippen LogP contribution is 2.18. The van der Waals surface area contributed by atoms with E-state index in [1.807, 2.05) is 6.92 Å². The van der Waals surface area contributed by atoms with Crippen molar-refractivity contribution < 1.29 is 8.42 Å². The van der Waals surface area contributed by atoms with Crippen LogP contribution in [0.15, 0.2) is 0 Å². The normalized spacial score (nSPS) is 27.8. The molecule has 2 fully saturated rings. The molecule has 20 heavy (non-hydrogen) atoms. The highest BCUT2D eigenvalue weighted by Gasteiger charge is 2.29. The van der Waals surface area contributed by atoms with Crippen molar-refractivity contribution in [1.82, 2.24) is 13.9 Å². The van der Waals surface area contributed by atoms with E-state index in [0.29, 0.717) is 25.6 Å². The third kappa shape index (κ3) is 4.39. The number of likely N-dealkylation sites (tertiary alicyclic amines) is 1. The lowest BCUT2D eigenvalue weighted by Crippen LogP contribution is -2.51. The van der Waals surface area contributed by atoms with Gasteiger partial charge in [0.05, 0.1) is 0 Å². The van der Waals surface area contributed by atoms with Gasteiger partial charge in [-0.15, -0.1) is 0 Å². The van der Waals surface area contributed by atoms with Gasteiger partial charge in [0.2, 0.25) is 0 Å². The molecule has 2 saturated heterocycles. The number of hydrogen-bond acceptors (Lipinski definition) is 4. The minimum absolute atomic E-state index is 0.0450. The van der Waals surface area contributed by atoms with E-state index < -0.39 is 10.2 Å². The first-order chi connectivity index (χ1) is 9.51. The summed E-state index contributed by atoms with van der Waals surface area (Å²) in [6, 6.07) is -0.0450. The van der Waals surface area contributed by atoms with E-state index in [4.69, 9.17) is 5.73 Å². The Morgan fingerprint density at radius 2 is 1.95 bits per heavy atom. The Hall–Kier alpha value is -0.210. The minimum Gasteiger partial charge on any atom is -0.330 e. The Labute approximate surface area is 122 Å². The Morgan fingerprint density at radius 1 is 1.25 bits per heavy atom. The van der Waals surface area contributed by atoms with Crippen molar-refractivity contribution in [3.8, 4) is 0 Å². The van der Waals surface area contributed by atoms with E-state index in [-0.39, 0.29) is 6.04 Å². The molecule has 2 heterocycles. The van der Waals surface area contributed by atoms with Gasteiger partial charge in [0.15, 0.2) is 0 Å². The third-order valence-corrected chi connectivity index (χ3v) is 5.95. The van der Waals surface area contributed by atoms with E-state index >= 15 is 0 Å². The van der Waals surface area contributed by atoms with Gasteiger partial charge in [0.25, 0.3) is 10.2 Å². The summed E-state index contributed by atoms with van der Waals surface area (Å²) in [6.07, 6.45) is 4.39. The van der Waals surface area contributed by atoms with Gasteiger partial charge in [-0.3, -0.25) is 0 Å². The maximum absolute atomic E-state index is 12.4. The van der Waals surface area contributed by atoms with Crippen LogP contribution >= 0.6 is 0 Å². The molecule has 6 nitrogen and oxygen atoms in total. The number of piperidine rings is 1.